The van der Waals surface area contributed by atoms with E-state index in [1.165, 1.54) is 30.9 Å². The molecular formula is C50H47N3O8. The Morgan fingerprint density at radius 2 is 1.05 bits per heavy atom. The molecule has 0 bridgehead atoms. The number of primary amides is 1. The predicted octanol–water partition coefficient (Wildman–Crippen LogP) is 8.58. The van der Waals surface area contributed by atoms with Crippen LogP contribution in [-0.2, 0) is 49.8 Å². The molecule has 0 saturated carbocycles. The van der Waals surface area contributed by atoms with Crippen LogP contribution in [0.3, 0.4) is 0 Å². The number of nitrogens with zero attached hydrogens (tertiary/aromatic N) is 2. The molecule has 8 rings (SSSR count). The third-order valence-electron chi connectivity index (χ3n) is 10.7. The van der Waals surface area contributed by atoms with E-state index in [1.807, 2.05) is 84.3 Å². The molecule has 310 valence electrons. The van der Waals surface area contributed by atoms with Gasteiger partial charge in [-0.05, 0) is 52.9 Å². The molecule has 0 aliphatic heterocycles. The molecule has 11 nitrogen and oxygen atoms in total. The molecule has 0 radical (unpaired) electrons. The number of carbonyl (C=O) groups is 4. The van der Waals surface area contributed by atoms with Gasteiger partial charge in [-0.25, -0.2) is 9.59 Å². The number of rotatable bonds is 14. The van der Waals surface area contributed by atoms with Gasteiger partial charge in [0.15, 0.2) is 13.2 Å². The Labute approximate surface area is 353 Å². The Morgan fingerprint density at radius 1 is 0.557 bits per heavy atom. The molecule has 0 aliphatic rings. The third-order valence-corrected chi connectivity index (χ3v) is 10.7. The van der Waals surface area contributed by atoms with Gasteiger partial charge in [0.05, 0.1) is 36.2 Å². The average Bonchev–Trinajstić information content (AvgIpc) is 3.83. The van der Waals surface area contributed by atoms with Gasteiger partial charge >= 0.3 is 11.9 Å². The Bertz CT molecular complexity index is 2900. The highest BCUT2D eigenvalue weighted by atomic mass is 16.6. The van der Waals surface area contributed by atoms with Crippen molar-refractivity contribution < 1.29 is 38.1 Å². The van der Waals surface area contributed by atoms with E-state index in [4.69, 9.17) is 24.7 Å². The molecule has 11 heteroatoms. The molecule has 0 atom stereocenters. The van der Waals surface area contributed by atoms with Crippen molar-refractivity contribution in [1.29, 1.82) is 0 Å². The van der Waals surface area contributed by atoms with Gasteiger partial charge in [0, 0.05) is 40.6 Å². The number of aromatic nitrogens is 2. The van der Waals surface area contributed by atoms with E-state index in [-0.39, 0.29) is 24.7 Å². The zero-order valence-electron chi connectivity index (χ0n) is 34.6. The van der Waals surface area contributed by atoms with E-state index in [2.05, 4.69) is 60.0 Å². The maximum atomic E-state index is 13.1. The summed E-state index contributed by atoms with van der Waals surface area (Å²) in [6.07, 6.45) is 1.40. The Kier molecular flexibility index (Phi) is 12.8. The fourth-order valence-corrected chi connectivity index (χ4v) is 7.92. The lowest BCUT2D eigenvalue weighted by Crippen LogP contribution is -2.24. The molecule has 1 amide bonds. The van der Waals surface area contributed by atoms with E-state index in [0.29, 0.717) is 35.5 Å². The lowest BCUT2D eigenvalue weighted by molar-refractivity contribution is -0.143. The van der Waals surface area contributed by atoms with E-state index >= 15 is 0 Å². The van der Waals surface area contributed by atoms with E-state index in [0.717, 1.165) is 51.1 Å². The smallest absolute Gasteiger partial charge is 0.343 e. The molecule has 8 aromatic rings. The van der Waals surface area contributed by atoms with Crippen molar-refractivity contribution in [1.82, 2.24) is 9.13 Å². The Hall–Kier alpha value is -7.40. The average molecular weight is 818 g/mol. The summed E-state index contributed by atoms with van der Waals surface area (Å²) in [4.78, 5) is 48.5. The Morgan fingerprint density at radius 3 is 1.57 bits per heavy atom. The first-order valence-corrected chi connectivity index (χ1v) is 20.1. The number of Topliss-reactive ketones (excluding diaryl/α,β-unsaturated/α-hetero) is 1. The summed E-state index contributed by atoms with van der Waals surface area (Å²) in [5.41, 5.74) is 11.7. The third kappa shape index (κ3) is 8.67. The van der Waals surface area contributed by atoms with Crippen LogP contribution in [0.4, 0.5) is 0 Å². The summed E-state index contributed by atoms with van der Waals surface area (Å²) in [5.74, 6) is -1.75. The maximum absolute atomic E-state index is 13.1. The van der Waals surface area contributed by atoms with Gasteiger partial charge in [-0.15, -0.1) is 0 Å². The second kappa shape index (κ2) is 18.7. The lowest BCUT2D eigenvalue weighted by Gasteiger charge is -2.13. The standard InChI is InChI=1S/C26H24N2O5.C24H23NO3/c1-3-19-22(25(30)26(27)31)23-20(33-15-21(29)32-2)13-17-11-7-8-12-18(17)24(23)28(19)14-16-9-5-4-6-10-16;1-3-19-14-21-22(28-16-23(26)27-2)13-18-11-7-8-12-20(18)24(21)25(19)15-17-9-5-4-6-10-17/h4-13H,3,14-15H2,1-2H3,(H2,27,31);4-14H,3,15-16H2,1-2H3. The monoisotopic (exact) mass is 817 g/mol. The molecule has 2 N–H and O–H groups in total. The first-order chi connectivity index (χ1) is 29.7. The minimum Gasteiger partial charge on any atom is -0.481 e. The number of nitrogens with two attached hydrogens (primary N) is 1. The van der Waals surface area contributed by atoms with Gasteiger partial charge in [-0.3, -0.25) is 9.59 Å². The first kappa shape index (κ1) is 41.7. The van der Waals surface area contributed by atoms with Gasteiger partial charge in [-0.1, -0.05) is 123 Å². The second-order valence-electron chi connectivity index (χ2n) is 14.4. The number of ether oxygens (including phenoxy) is 4. The summed E-state index contributed by atoms with van der Waals surface area (Å²) in [7, 11) is 2.64. The molecule has 6 aromatic carbocycles. The minimum absolute atomic E-state index is 0.102. The zero-order chi connectivity index (χ0) is 43.0. The van der Waals surface area contributed by atoms with Crippen molar-refractivity contribution in [2.24, 2.45) is 5.73 Å². The number of ketones is 1. The number of fused-ring (bicyclic) bond motifs is 6. The van der Waals surface area contributed by atoms with Crippen LogP contribution in [0, 0.1) is 0 Å². The van der Waals surface area contributed by atoms with Crippen molar-refractivity contribution in [3.05, 3.63) is 155 Å². The fraction of sp³-hybridized carbons (Fsp3) is 0.200. The molecular weight excluding hydrogens is 771 g/mol. The summed E-state index contributed by atoms with van der Waals surface area (Å²) < 4.78 is 25.5. The van der Waals surface area contributed by atoms with Gasteiger partial charge < -0.3 is 33.8 Å². The molecule has 61 heavy (non-hydrogen) atoms. The number of carbonyl (C=O) groups excluding carboxylic acids is 4. The van der Waals surface area contributed by atoms with E-state index in [1.54, 1.807) is 6.07 Å². The van der Waals surface area contributed by atoms with Gasteiger partial charge in [0.25, 0.3) is 11.7 Å². The summed E-state index contributed by atoms with van der Waals surface area (Å²) in [5, 5.41) is 5.53. The molecule has 2 aromatic heterocycles. The molecule has 0 fully saturated rings. The van der Waals surface area contributed by atoms with Crippen LogP contribution in [0.5, 0.6) is 11.5 Å². The highest BCUT2D eigenvalue weighted by Crippen LogP contribution is 2.41. The fourth-order valence-electron chi connectivity index (χ4n) is 7.92. The van der Waals surface area contributed by atoms with E-state index in [9.17, 15) is 19.2 Å². The van der Waals surface area contributed by atoms with Crippen LogP contribution >= 0.6 is 0 Å². The number of methoxy groups -OCH3 is 2. The highest BCUT2D eigenvalue weighted by molar-refractivity contribution is 6.45. The summed E-state index contributed by atoms with van der Waals surface area (Å²) >= 11 is 0. The zero-order valence-corrected chi connectivity index (χ0v) is 34.6. The van der Waals surface area contributed by atoms with Crippen molar-refractivity contribution in [3.8, 4) is 11.5 Å². The van der Waals surface area contributed by atoms with Gasteiger partial charge in [0.1, 0.15) is 11.5 Å². The predicted molar refractivity (Wildman–Crippen MR) is 237 cm³/mol. The molecule has 2 heterocycles. The number of hydrogen-bond acceptors (Lipinski definition) is 8. The van der Waals surface area contributed by atoms with Crippen LogP contribution < -0.4 is 15.2 Å². The Balaban J connectivity index is 0.000000186. The maximum Gasteiger partial charge on any atom is 0.343 e. The number of hydrogen-bond donors (Lipinski definition) is 1. The summed E-state index contributed by atoms with van der Waals surface area (Å²) in [6, 6.07) is 42.2. The molecule has 0 saturated heterocycles. The van der Waals surface area contributed by atoms with Gasteiger partial charge in [0.2, 0.25) is 0 Å². The van der Waals surface area contributed by atoms with Crippen LogP contribution in [0.1, 0.15) is 46.7 Å². The lowest BCUT2D eigenvalue weighted by atomic mass is 10.0. The molecule has 0 aliphatic carbocycles. The largest absolute Gasteiger partial charge is 0.481 e. The van der Waals surface area contributed by atoms with Crippen LogP contribution in [0.25, 0.3) is 43.4 Å². The normalized spacial score (nSPS) is 11.0. The number of benzene rings is 6. The van der Waals surface area contributed by atoms with Crippen molar-refractivity contribution in [2.45, 2.75) is 39.8 Å². The highest BCUT2D eigenvalue weighted by Gasteiger charge is 2.29. The topological polar surface area (TPSA) is 141 Å². The van der Waals surface area contributed by atoms with Crippen molar-refractivity contribution in [3.63, 3.8) is 0 Å². The minimum atomic E-state index is -1.05. The molecule has 0 spiro atoms. The van der Waals surface area contributed by atoms with Crippen molar-refractivity contribution in [2.75, 3.05) is 27.4 Å². The quantitative estimate of drug-likeness (QED) is 0.0654. The van der Waals surface area contributed by atoms with Gasteiger partial charge in [-0.2, -0.15) is 0 Å². The van der Waals surface area contributed by atoms with Crippen LogP contribution in [0.2, 0.25) is 0 Å². The van der Waals surface area contributed by atoms with E-state index < -0.39 is 17.7 Å². The van der Waals surface area contributed by atoms with Crippen molar-refractivity contribution >= 4 is 67.0 Å². The molecule has 0 unspecified atom stereocenters. The number of esters is 2. The first-order valence-electron chi connectivity index (χ1n) is 20.1. The SMILES string of the molecule is CCc1c(C(=O)C(N)=O)c2c(OCC(=O)OC)cc3ccccc3c2n1Cc1ccccc1.CCc1cc2c(OCC(=O)OC)cc3ccccc3c2n1Cc1ccccc1. The summed E-state index contributed by atoms with van der Waals surface area (Å²) in [6.45, 7) is 4.92. The van der Waals surface area contributed by atoms with Crippen LogP contribution in [0.15, 0.2) is 127 Å². The number of amides is 1. The number of aryl methyl sites for hydroxylation is 1. The second-order valence-corrected chi connectivity index (χ2v) is 14.4. The van der Waals surface area contributed by atoms with Crippen LogP contribution in [-0.4, -0.2) is 60.2 Å².